The average molecular weight is 240 g/mol. The first kappa shape index (κ1) is 12.5. The Hall–Kier alpha value is -1.58. The quantitative estimate of drug-likeness (QED) is 0.784. The third-order valence-electron chi connectivity index (χ3n) is 1.44. The summed E-state index contributed by atoms with van der Waals surface area (Å²) in [6.07, 6.45) is 1.47. The highest BCUT2D eigenvalue weighted by molar-refractivity contribution is 7.16. The maximum atomic E-state index is 11.0. The number of rotatable bonds is 3. The molecule has 0 unspecified atom stereocenters. The van der Waals surface area contributed by atoms with Crippen LogP contribution in [0.3, 0.4) is 0 Å². The Balaban J connectivity index is 2.52. The summed E-state index contributed by atoms with van der Waals surface area (Å²) in [5.74, 6) is 5.59. The molecule has 0 bridgehead atoms. The minimum absolute atomic E-state index is 0.0414. The van der Waals surface area contributed by atoms with Crippen molar-refractivity contribution in [1.82, 2.24) is 4.98 Å². The molecule has 5 nitrogen and oxygen atoms in total. The number of ether oxygens (including phenoxy) is 1. The molecule has 1 aromatic heterocycles. The second-order valence-electron chi connectivity index (χ2n) is 2.65. The molecule has 0 saturated carbocycles. The van der Waals surface area contributed by atoms with Gasteiger partial charge in [-0.15, -0.1) is 0 Å². The number of carbonyl (C=O) groups excluding carboxylic acids is 1. The number of aromatic nitrogens is 1. The van der Waals surface area contributed by atoms with Crippen molar-refractivity contribution in [1.29, 1.82) is 0 Å². The smallest absolute Gasteiger partial charge is 0.413 e. The Bertz CT molecular complexity index is 406. The van der Waals surface area contributed by atoms with Crippen LogP contribution in [0.1, 0.15) is 18.2 Å². The number of nitrogens with zero attached hydrogens (tertiary/aromatic N) is 1. The van der Waals surface area contributed by atoms with Gasteiger partial charge in [-0.25, -0.2) is 9.78 Å². The highest BCUT2D eigenvalue weighted by Crippen LogP contribution is 2.16. The van der Waals surface area contributed by atoms with Crippen molar-refractivity contribution in [2.45, 2.75) is 13.3 Å². The number of hydrogen-bond donors (Lipinski definition) is 2. The van der Waals surface area contributed by atoms with Crippen LogP contribution in [0.2, 0.25) is 0 Å². The molecule has 1 heterocycles. The van der Waals surface area contributed by atoms with Gasteiger partial charge in [0.15, 0.2) is 5.13 Å². The fourth-order valence-corrected chi connectivity index (χ4v) is 1.53. The molecule has 2 N–H and O–H groups in total. The lowest BCUT2D eigenvalue weighted by Crippen LogP contribution is -2.12. The van der Waals surface area contributed by atoms with Gasteiger partial charge >= 0.3 is 6.09 Å². The molecular weight excluding hydrogens is 228 g/mol. The van der Waals surface area contributed by atoms with Gasteiger partial charge in [0, 0.05) is 6.42 Å². The molecule has 0 fully saturated rings. The van der Waals surface area contributed by atoms with Gasteiger partial charge in [0.2, 0.25) is 0 Å². The van der Waals surface area contributed by atoms with E-state index in [4.69, 9.17) is 9.84 Å². The zero-order chi connectivity index (χ0) is 11.8. The molecular formula is C10H12N2O3S. The first-order valence-corrected chi connectivity index (χ1v) is 5.57. The minimum atomic E-state index is -0.522. The van der Waals surface area contributed by atoms with Gasteiger partial charge in [-0.1, -0.05) is 23.2 Å². The van der Waals surface area contributed by atoms with Gasteiger partial charge in [0.1, 0.15) is 0 Å². The van der Waals surface area contributed by atoms with Gasteiger partial charge in [0.05, 0.1) is 24.3 Å². The molecule has 0 saturated heterocycles. The lowest BCUT2D eigenvalue weighted by atomic mass is 10.4. The van der Waals surface area contributed by atoms with E-state index in [1.165, 1.54) is 11.3 Å². The number of aliphatic hydroxyl groups excluding tert-OH is 1. The maximum Gasteiger partial charge on any atom is 0.413 e. The lowest BCUT2D eigenvalue weighted by Gasteiger charge is -1.99. The van der Waals surface area contributed by atoms with E-state index in [1.54, 1.807) is 13.1 Å². The predicted octanol–water partition coefficient (Wildman–Crippen LogP) is 1.45. The van der Waals surface area contributed by atoms with Crippen LogP contribution in [0.4, 0.5) is 9.93 Å². The van der Waals surface area contributed by atoms with Gasteiger partial charge in [0.25, 0.3) is 0 Å². The van der Waals surface area contributed by atoms with Crippen LogP contribution < -0.4 is 5.32 Å². The van der Waals surface area contributed by atoms with E-state index in [0.717, 1.165) is 4.88 Å². The van der Waals surface area contributed by atoms with E-state index in [-0.39, 0.29) is 6.61 Å². The molecule has 0 atom stereocenters. The number of hydrogen-bond acceptors (Lipinski definition) is 5. The number of thiazole rings is 1. The molecule has 86 valence electrons. The summed E-state index contributed by atoms with van der Waals surface area (Å²) in [5.41, 5.74) is 0. The highest BCUT2D eigenvalue weighted by Gasteiger charge is 2.05. The number of anilines is 1. The van der Waals surface area contributed by atoms with Gasteiger partial charge in [-0.3, -0.25) is 5.32 Å². The van der Waals surface area contributed by atoms with Gasteiger partial charge < -0.3 is 9.84 Å². The Morgan fingerprint density at radius 3 is 3.25 bits per heavy atom. The lowest BCUT2D eigenvalue weighted by molar-refractivity contribution is 0.168. The molecule has 1 aromatic rings. The number of aliphatic hydroxyl groups is 1. The molecule has 16 heavy (non-hydrogen) atoms. The van der Waals surface area contributed by atoms with E-state index >= 15 is 0 Å². The zero-order valence-electron chi connectivity index (χ0n) is 8.82. The normalized spacial score (nSPS) is 9.12. The summed E-state index contributed by atoms with van der Waals surface area (Å²) < 4.78 is 4.70. The van der Waals surface area contributed by atoms with E-state index in [9.17, 15) is 4.79 Å². The van der Waals surface area contributed by atoms with Crippen LogP contribution in [0.25, 0.3) is 0 Å². The summed E-state index contributed by atoms with van der Waals surface area (Å²) >= 11 is 1.26. The summed E-state index contributed by atoms with van der Waals surface area (Å²) in [5, 5.41) is 11.5. The van der Waals surface area contributed by atoms with Gasteiger partial charge in [-0.2, -0.15) is 0 Å². The molecule has 6 heteroatoms. The van der Waals surface area contributed by atoms with Crippen molar-refractivity contribution < 1.29 is 14.6 Å². The topological polar surface area (TPSA) is 71.5 Å². The largest absolute Gasteiger partial charge is 0.450 e. The highest BCUT2D eigenvalue weighted by atomic mass is 32.1. The summed E-state index contributed by atoms with van der Waals surface area (Å²) in [4.78, 5) is 15.7. The first-order valence-electron chi connectivity index (χ1n) is 4.75. The molecule has 1 rings (SSSR count). The number of carbonyl (C=O) groups is 1. The molecule has 1 amide bonds. The van der Waals surface area contributed by atoms with E-state index in [2.05, 4.69) is 22.1 Å². The summed E-state index contributed by atoms with van der Waals surface area (Å²) in [6, 6.07) is 0. The average Bonchev–Trinajstić information content (AvgIpc) is 2.66. The van der Waals surface area contributed by atoms with Crippen LogP contribution >= 0.6 is 11.3 Å². The van der Waals surface area contributed by atoms with Crippen LogP contribution in [0.5, 0.6) is 0 Å². The Kier molecular flexibility index (Phi) is 5.32. The minimum Gasteiger partial charge on any atom is -0.450 e. The fourth-order valence-electron chi connectivity index (χ4n) is 0.850. The number of nitrogens with one attached hydrogen (secondary N) is 1. The monoisotopic (exact) mass is 240 g/mol. The summed E-state index contributed by atoms with van der Waals surface area (Å²) in [6.45, 7) is 2.09. The summed E-state index contributed by atoms with van der Waals surface area (Å²) in [7, 11) is 0. The van der Waals surface area contributed by atoms with Crippen LogP contribution in [0.15, 0.2) is 6.20 Å². The zero-order valence-corrected chi connectivity index (χ0v) is 9.63. The molecule has 0 aliphatic carbocycles. The number of amides is 1. The van der Waals surface area contributed by atoms with E-state index in [0.29, 0.717) is 18.2 Å². The standard InChI is InChI=1S/C10H12N2O3S/c1-2-15-10(14)12-9-11-7-8(16-9)5-3-4-6-13/h7,13H,2,4,6H2,1H3,(H,11,12,14). The Morgan fingerprint density at radius 1 is 1.75 bits per heavy atom. The van der Waals surface area contributed by atoms with Crippen molar-refractivity contribution in [3.8, 4) is 11.8 Å². The molecule has 0 aromatic carbocycles. The second kappa shape index (κ2) is 6.82. The first-order chi connectivity index (χ1) is 7.76. The van der Waals surface area contributed by atoms with Gasteiger partial charge in [-0.05, 0) is 6.92 Å². The Morgan fingerprint density at radius 2 is 2.56 bits per heavy atom. The maximum absolute atomic E-state index is 11.0. The predicted molar refractivity (Wildman–Crippen MR) is 61.3 cm³/mol. The second-order valence-corrected chi connectivity index (χ2v) is 3.68. The van der Waals surface area contributed by atoms with Crippen molar-refractivity contribution in [2.24, 2.45) is 0 Å². The molecule has 0 aliphatic rings. The molecule has 0 spiro atoms. The van der Waals surface area contributed by atoms with Crippen molar-refractivity contribution >= 4 is 22.6 Å². The third-order valence-corrected chi connectivity index (χ3v) is 2.27. The third kappa shape index (κ3) is 4.29. The fraction of sp³-hybridized carbons (Fsp3) is 0.400. The van der Waals surface area contributed by atoms with E-state index < -0.39 is 6.09 Å². The SMILES string of the molecule is CCOC(=O)Nc1ncc(C#CCCO)s1. The van der Waals surface area contributed by atoms with Crippen LogP contribution in [-0.2, 0) is 4.74 Å². The Labute approximate surface area is 97.5 Å². The molecule has 0 radical (unpaired) electrons. The van der Waals surface area contributed by atoms with Crippen molar-refractivity contribution in [3.05, 3.63) is 11.1 Å². The van der Waals surface area contributed by atoms with Crippen LogP contribution in [-0.4, -0.2) is 29.4 Å². The van der Waals surface area contributed by atoms with Crippen LogP contribution in [0, 0.1) is 11.8 Å². The van der Waals surface area contributed by atoms with Crippen molar-refractivity contribution in [3.63, 3.8) is 0 Å². The van der Waals surface area contributed by atoms with Crippen molar-refractivity contribution in [2.75, 3.05) is 18.5 Å². The molecule has 0 aliphatic heterocycles. The van der Waals surface area contributed by atoms with E-state index in [1.807, 2.05) is 0 Å².